The van der Waals surface area contributed by atoms with E-state index in [4.69, 9.17) is 10.00 Å². The van der Waals surface area contributed by atoms with Crippen molar-refractivity contribution in [3.8, 4) is 6.07 Å². The van der Waals surface area contributed by atoms with Crippen molar-refractivity contribution >= 4 is 16.0 Å². The normalized spacial score (nSPS) is 10.7. The predicted octanol–water partition coefficient (Wildman–Crippen LogP) is 1.06. The van der Waals surface area contributed by atoms with E-state index in [0.717, 1.165) is 0 Å². The average molecular weight is 282 g/mol. The highest BCUT2D eigenvalue weighted by molar-refractivity contribution is 7.89. The average Bonchev–Trinajstić information content (AvgIpc) is 2.43. The van der Waals surface area contributed by atoms with Gasteiger partial charge in [0.05, 0.1) is 23.1 Å². The first kappa shape index (κ1) is 15.1. The van der Waals surface area contributed by atoms with E-state index in [9.17, 15) is 13.2 Å². The number of unbranched alkanes of at least 4 members (excludes halogenated alkanes) is 1. The van der Waals surface area contributed by atoms with Gasteiger partial charge in [0, 0.05) is 6.42 Å². The number of benzene rings is 1. The van der Waals surface area contributed by atoms with E-state index >= 15 is 0 Å². The second-order valence-corrected chi connectivity index (χ2v) is 5.52. The summed E-state index contributed by atoms with van der Waals surface area (Å²) in [5, 5.41) is 8.34. The van der Waals surface area contributed by atoms with E-state index in [2.05, 4.69) is 4.72 Å². The minimum absolute atomic E-state index is 0.00137. The van der Waals surface area contributed by atoms with Crippen LogP contribution >= 0.6 is 0 Å². The number of sulfonamides is 1. The van der Waals surface area contributed by atoms with Crippen molar-refractivity contribution in [2.75, 3.05) is 13.7 Å². The fraction of sp³-hybridized carbons (Fsp3) is 0.333. The van der Waals surface area contributed by atoms with Gasteiger partial charge < -0.3 is 4.74 Å². The third-order valence-corrected chi connectivity index (χ3v) is 3.73. The molecule has 0 amide bonds. The van der Waals surface area contributed by atoms with Gasteiger partial charge in [0.15, 0.2) is 0 Å². The summed E-state index contributed by atoms with van der Waals surface area (Å²) in [5.41, 5.74) is 0.160. The quantitative estimate of drug-likeness (QED) is 0.621. The maximum absolute atomic E-state index is 11.7. The SMILES string of the molecule is CNS(=O)(=O)c1cccc(C(=O)OCCCC#N)c1. The van der Waals surface area contributed by atoms with Crippen LogP contribution in [0.1, 0.15) is 23.2 Å². The molecule has 0 aliphatic rings. The Kier molecular flexibility index (Phi) is 5.48. The van der Waals surface area contributed by atoms with Crippen LogP contribution in [0, 0.1) is 11.3 Å². The largest absolute Gasteiger partial charge is 0.462 e. The summed E-state index contributed by atoms with van der Waals surface area (Å²) in [7, 11) is -2.29. The lowest BCUT2D eigenvalue weighted by Crippen LogP contribution is -2.19. The summed E-state index contributed by atoms with van der Waals surface area (Å²) in [5.74, 6) is -0.605. The van der Waals surface area contributed by atoms with Crippen LogP contribution in [0.2, 0.25) is 0 Å². The molecule has 0 heterocycles. The molecular formula is C12H14N2O4S. The first-order valence-corrected chi connectivity index (χ1v) is 7.07. The van der Waals surface area contributed by atoms with Crippen LogP contribution in [-0.2, 0) is 14.8 Å². The Morgan fingerprint density at radius 2 is 2.21 bits per heavy atom. The van der Waals surface area contributed by atoms with Crippen LogP contribution in [0.25, 0.3) is 0 Å². The van der Waals surface area contributed by atoms with Crippen LogP contribution in [0.5, 0.6) is 0 Å². The first-order valence-electron chi connectivity index (χ1n) is 5.59. The van der Waals surface area contributed by atoms with Gasteiger partial charge in [-0.05, 0) is 31.7 Å². The first-order chi connectivity index (χ1) is 9.01. The Hall–Kier alpha value is -1.91. The summed E-state index contributed by atoms with van der Waals surface area (Å²) < 4.78 is 30.2. The van der Waals surface area contributed by atoms with Gasteiger partial charge in [-0.1, -0.05) is 6.07 Å². The topological polar surface area (TPSA) is 96.3 Å². The van der Waals surface area contributed by atoms with E-state index in [1.165, 1.54) is 31.3 Å². The molecule has 0 unspecified atom stereocenters. The summed E-state index contributed by atoms with van der Waals surface area (Å²) in [6.07, 6.45) is 0.762. The van der Waals surface area contributed by atoms with Crippen molar-refractivity contribution in [2.45, 2.75) is 17.7 Å². The van der Waals surface area contributed by atoms with Crippen LogP contribution in [0.3, 0.4) is 0 Å². The number of ether oxygens (including phenoxy) is 1. The van der Waals surface area contributed by atoms with E-state index in [1.54, 1.807) is 0 Å². The third-order valence-electron chi connectivity index (χ3n) is 2.31. The number of rotatable bonds is 6. The van der Waals surface area contributed by atoms with Crippen molar-refractivity contribution in [3.05, 3.63) is 29.8 Å². The van der Waals surface area contributed by atoms with Crippen LogP contribution in [0.4, 0.5) is 0 Å². The number of nitrogens with zero attached hydrogens (tertiary/aromatic N) is 1. The minimum Gasteiger partial charge on any atom is -0.462 e. The Morgan fingerprint density at radius 1 is 1.47 bits per heavy atom. The van der Waals surface area contributed by atoms with Crippen LogP contribution in [-0.4, -0.2) is 28.0 Å². The Labute approximate surface area is 112 Å². The van der Waals surface area contributed by atoms with E-state index in [1.807, 2.05) is 6.07 Å². The lowest BCUT2D eigenvalue weighted by atomic mass is 10.2. The number of hydrogen-bond acceptors (Lipinski definition) is 5. The smallest absolute Gasteiger partial charge is 0.338 e. The molecule has 0 spiro atoms. The van der Waals surface area contributed by atoms with Gasteiger partial charge in [0.25, 0.3) is 0 Å². The number of nitriles is 1. The highest BCUT2D eigenvalue weighted by Crippen LogP contribution is 2.12. The monoisotopic (exact) mass is 282 g/mol. The van der Waals surface area contributed by atoms with Gasteiger partial charge >= 0.3 is 5.97 Å². The summed E-state index contributed by atoms with van der Waals surface area (Å²) in [6.45, 7) is 0.134. The molecule has 1 rings (SSSR count). The van der Waals surface area contributed by atoms with Crippen molar-refractivity contribution in [1.29, 1.82) is 5.26 Å². The fourth-order valence-corrected chi connectivity index (χ4v) is 2.08. The van der Waals surface area contributed by atoms with Gasteiger partial charge in [0.2, 0.25) is 10.0 Å². The Morgan fingerprint density at radius 3 is 2.84 bits per heavy atom. The molecule has 0 aliphatic heterocycles. The second kappa shape index (κ2) is 6.87. The maximum Gasteiger partial charge on any atom is 0.338 e. The lowest BCUT2D eigenvalue weighted by molar-refractivity contribution is 0.0501. The van der Waals surface area contributed by atoms with E-state index in [-0.39, 0.29) is 17.1 Å². The van der Waals surface area contributed by atoms with Gasteiger partial charge in [-0.3, -0.25) is 0 Å². The molecule has 19 heavy (non-hydrogen) atoms. The Balaban J connectivity index is 2.77. The van der Waals surface area contributed by atoms with Crippen molar-refractivity contribution in [2.24, 2.45) is 0 Å². The molecule has 1 aromatic carbocycles. The maximum atomic E-state index is 11.7. The zero-order valence-electron chi connectivity index (χ0n) is 10.4. The summed E-state index contributed by atoms with van der Waals surface area (Å²) in [4.78, 5) is 11.7. The zero-order valence-corrected chi connectivity index (χ0v) is 11.2. The molecule has 102 valence electrons. The van der Waals surface area contributed by atoms with Gasteiger partial charge in [0.1, 0.15) is 0 Å². The Bertz CT molecular complexity index is 590. The third kappa shape index (κ3) is 4.35. The van der Waals surface area contributed by atoms with Crippen molar-refractivity contribution < 1.29 is 17.9 Å². The molecule has 1 aromatic rings. The number of hydrogen-bond donors (Lipinski definition) is 1. The highest BCUT2D eigenvalue weighted by Gasteiger charge is 2.14. The van der Waals surface area contributed by atoms with Crippen LogP contribution < -0.4 is 4.72 Å². The van der Waals surface area contributed by atoms with Gasteiger partial charge in [-0.2, -0.15) is 5.26 Å². The number of carbonyl (C=O) groups is 1. The molecule has 0 aromatic heterocycles. The molecule has 0 saturated heterocycles. The summed E-state index contributed by atoms with van der Waals surface area (Å²) >= 11 is 0. The zero-order chi connectivity index (χ0) is 14.3. The molecule has 0 saturated carbocycles. The molecule has 0 bridgehead atoms. The van der Waals surface area contributed by atoms with E-state index in [0.29, 0.717) is 12.8 Å². The molecule has 1 N–H and O–H groups in total. The molecule has 6 nitrogen and oxygen atoms in total. The molecule has 0 radical (unpaired) electrons. The summed E-state index contributed by atoms with van der Waals surface area (Å²) in [6, 6.07) is 7.52. The molecule has 7 heteroatoms. The molecular weight excluding hydrogens is 268 g/mol. The van der Waals surface area contributed by atoms with E-state index < -0.39 is 16.0 Å². The molecule has 0 fully saturated rings. The minimum atomic E-state index is -3.58. The number of nitrogens with one attached hydrogen (secondary N) is 1. The molecule has 0 aliphatic carbocycles. The predicted molar refractivity (Wildman–Crippen MR) is 67.8 cm³/mol. The fourth-order valence-electron chi connectivity index (χ4n) is 1.31. The molecule has 0 atom stereocenters. The van der Waals surface area contributed by atoms with Crippen LogP contribution in [0.15, 0.2) is 29.2 Å². The highest BCUT2D eigenvalue weighted by atomic mass is 32.2. The van der Waals surface area contributed by atoms with Gasteiger partial charge in [-0.15, -0.1) is 0 Å². The standard InChI is InChI=1S/C12H14N2O4S/c1-14-19(16,17)11-6-4-5-10(9-11)12(15)18-8-3-2-7-13/h4-6,9,14H,2-3,8H2,1H3. The van der Waals surface area contributed by atoms with Gasteiger partial charge in [-0.25, -0.2) is 17.9 Å². The van der Waals surface area contributed by atoms with Crippen molar-refractivity contribution in [1.82, 2.24) is 4.72 Å². The van der Waals surface area contributed by atoms with Crippen molar-refractivity contribution in [3.63, 3.8) is 0 Å². The number of esters is 1. The number of carbonyl (C=O) groups excluding carboxylic acids is 1. The lowest BCUT2D eigenvalue weighted by Gasteiger charge is -2.06. The second-order valence-electron chi connectivity index (χ2n) is 3.63.